The first-order valence-electron chi connectivity index (χ1n) is 5.68. The Bertz CT molecular complexity index is 619. The first-order chi connectivity index (χ1) is 9.31. The fourth-order valence-corrected chi connectivity index (χ4v) is 2.12. The summed E-state index contributed by atoms with van der Waals surface area (Å²) in [6.07, 6.45) is 0.608. The van der Waals surface area contributed by atoms with Crippen LogP contribution < -0.4 is 0 Å². The van der Waals surface area contributed by atoms with Crippen molar-refractivity contribution in [1.29, 1.82) is 0 Å². The lowest BCUT2D eigenvalue weighted by atomic mass is 10.1. The van der Waals surface area contributed by atoms with Gasteiger partial charge in [-0.15, -0.1) is 0 Å². The zero-order chi connectivity index (χ0) is 15.3. The highest BCUT2D eigenvalue weighted by Crippen LogP contribution is 2.19. The van der Waals surface area contributed by atoms with Crippen molar-refractivity contribution in [2.24, 2.45) is 0 Å². The van der Waals surface area contributed by atoms with Crippen molar-refractivity contribution in [3.8, 4) is 0 Å². The first kappa shape index (κ1) is 16.1. The zero-order valence-corrected chi connectivity index (χ0v) is 11.8. The van der Waals surface area contributed by atoms with Gasteiger partial charge < -0.3 is 9.47 Å². The van der Waals surface area contributed by atoms with Crippen molar-refractivity contribution in [2.75, 3.05) is 13.7 Å². The molecule has 0 unspecified atom stereocenters. The Morgan fingerprint density at radius 1 is 1.25 bits per heavy atom. The molecule has 0 aromatic heterocycles. The lowest BCUT2D eigenvalue weighted by Gasteiger charge is -2.08. The number of carbonyl (C=O) groups is 2. The van der Waals surface area contributed by atoms with Crippen LogP contribution in [-0.2, 0) is 19.6 Å². The Kier molecular flexibility index (Phi) is 5.23. The summed E-state index contributed by atoms with van der Waals surface area (Å²) in [6, 6.07) is 3.18. The molecule has 110 valence electrons. The minimum atomic E-state index is -4.67. The van der Waals surface area contributed by atoms with E-state index in [1.807, 2.05) is 0 Å². The Morgan fingerprint density at radius 2 is 1.90 bits per heavy atom. The predicted octanol–water partition coefficient (Wildman–Crippen LogP) is 1.29. The number of ether oxygens (including phenoxy) is 2. The quantitative estimate of drug-likeness (QED) is 0.645. The molecule has 0 saturated carbocycles. The topological polar surface area (TPSA) is 107 Å². The predicted molar refractivity (Wildman–Crippen MR) is 68.2 cm³/mol. The average molecular weight is 302 g/mol. The maximum atomic E-state index is 11.6. The van der Waals surface area contributed by atoms with Crippen LogP contribution in [-0.4, -0.2) is 38.6 Å². The van der Waals surface area contributed by atoms with E-state index in [9.17, 15) is 18.0 Å². The number of hydrogen-bond acceptors (Lipinski definition) is 6. The normalized spacial score (nSPS) is 10.9. The molecule has 1 N–H and O–H groups in total. The summed E-state index contributed by atoms with van der Waals surface area (Å²) >= 11 is 0. The molecular weight excluding hydrogens is 288 g/mol. The molecule has 8 heteroatoms. The van der Waals surface area contributed by atoms with Crippen LogP contribution in [0, 0.1) is 0 Å². The van der Waals surface area contributed by atoms with E-state index < -0.39 is 27.0 Å². The molecule has 0 fully saturated rings. The lowest BCUT2D eigenvalue weighted by Crippen LogP contribution is -2.13. The summed E-state index contributed by atoms with van der Waals surface area (Å²) in [5.41, 5.74) is -0.444. The third kappa shape index (κ3) is 3.78. The van der Waals surface area contributed by atoms with E-state index >= 15 is 0 Å². The molecule has 0 bridgehead atoms. The van der Waals surface area contributed by atoms with Crippen LogP contribution >= 0.6 is 0 Å². The van der Waals surface area contributed by atoms with Gasteiger partial charge >= 0.3 is 11.9 Å². The molecule has 0 aliphatic heterocycles. The molecule has 0 aliphatic rings. The van der Waals surface area contributed by atoms with Gasteiger partial charge in [-0.25, -0.2) is 9.59 Å². The van der Waals surface area contributed by atoms with Gasteiger partial charge in [-0.3, -0.25) is 4.55 Å². The summed E-state index contributed by atoms with van der Waals surface area (Å²) in [5, 5.41) is 0. The molecule has 0 amide bonds. The molecule has 0 aliphatic carbocycles. The van der Waals surface area contributed by atoms with E-state index in [4.69, 9.17) is 9.29 Å². The Labute approximate surface area is 116 Å². The molecular formula is C12H14O7S. The van der Waals surface area contributed by atoms with Crippen LogP contribution in [0.1, 0.15) is 34.1 Å². The van der Waals surface area contributed by atoms with Gasteiger partial charge in [-0.2, -0.15) is 8.42 Å². The number of carbonyl (C=O) groups excluding carboxylic acids is 2. The van der Waals surface area contributed by atoms with Crippen LogP contribution in [0.25, 0.3) is 0 Å². The van der Waals surface area contributed by atoms with E-state index in [0.29, 0.717) is 6.42 Å². The first-order valence-corrected chi connectivity index (χ1v) is 7.12. The molecule has 7 nitrogen and oxygen atoms in total. The van der Waals surface area contributed by atoms with Crippen LogP contribution in [0.4, 0.5) is 0 Å². The molecule has 0 spiro atoms. The third-order valence-electron chi connectivity index (χ3n) is 2.34. The SMILES string of the molecule is CCCOC(=O)c1ccc(C(=O)OC)c(S(=O)(=O)O)c1. The van der Waals surface area contributed by atoms with Crippen molar-refractivity contribution in [3.05, 3.63) is 29.3 Å². The highest BCUT2D eigenvalue weighted by atomic mass is 32.2. The summed E-state index contributed by atoms with van der Waals surface area (Å²) in [5.74, 6) is -1.68. The van der Waals surface area contributed by atoms with E-state index in [-0.39, 0.29) is 17.7 Å². The van der Waals surface area contributed by atoms with Gasteiger partial charge in [0.15, 0.2) is 0 Å². The van der Waals surface area contributed by atoms with Crippen molar-refractivity contribution < 1.29 is 32.0 Å². The Hall–Kier alpha value is -1.93. The summed E-state index contributed by atoms with van der Waals surface area (Å²) in [4.78, 5) is 22.3. The fourth-order valence-electron chi connectivity index (χ4n) is 1.42. The van der Waals surface area contributed by atoms with E-state index in [0.717, 1.165) is 19.2 Å². The maximum absolute atomic E-state index is 11.6. The minimum absolute atomic E-state index is 0.0845. The van der Waals surface area contributed by atoms with E-state index in [1.54, 1.807) is 6.92 Å². The average Bonchev–Trinajstić information content (AvgIpc) is 2.42. The molecule has 0 atom stereocenters. The van der Waals surface area contributed by atoms with Gasteiger partial charge in [0.1, 0.15) is 4.90 Å². The molecule has 1 rings (SSSR count). The van der Waals surface area contributed by atoms with Crippen molar-refractivity contribution in [2.45, 2.75) is 18.2 Å². The van der Waals surface area contributed by atoms with Gasteiger partial charge in [-0.1, -0.05) is 6.92 Å². The number of hydrogen-bond donors (Lipinski definition) is 1. The Balaban J connectivity index is 3.29. The summed E-state index contributed by atoms with van der Waals surface area (Å²) in [7, 11) is -3.60. The van der Waals surface area contributed by atoms with Gasteiger partial charge in [0.25, 0.3) is 10.1 Å². The number of esters is 2. The largest absolute Gasteiger partial charge is 0.465 e. The van der Waals surface area contributed by atoms with Crippen LogP contribution in [0.3, 0.4) is 0 Å². The molecule has 0 heterocycles. The van der Waals surface area contributed by atoms with Gasteiger partial charge in [-0.05, 0) is 24.6 Å². The molecule has 0 saturated heterocycles. The number of methoxy groups -OCH3 is 1. The summed E-state index contributed by atoms with van der Waals surface area (Å²) in [6.45, 7) is 1.98. The standard InChI is InChI=1S/C12H14O7S/c1-3-6-19-11(13)8-4-5-9(12(14)18-2)10(7-8)20(15,16)17/h4-5,7H,3,6H2,1-2H3,(H,15,16,17). The van der Waals surface area contributed by atoms with Crippen molar-refractivity contribution in [1.82, 2.24) is 0 Å². The molecule has 1 aromatic carbocycles. The summed E-state index contributed by atoms with van der Waals surface area (Å²) < 4.78 is 40.9. The van der Waals surface area contributed by atoms with Gasteiger partial charge in [0.05, 0.1) is 24.8 Å². The Morgan fingerprint density at radius 3 is 2.40 bits per heavy atom. The van der Waals surface area contributed by atoms with Crippen LogP contribution in [0.2, 0.25) is 0 Å². The minimum Gasteiger partial charge on any atom is -0.465 e. The maximum Gasteiger partial charge on any atom is 0.339 e. The number of rotatable bonds is 5. The van der Waals surface area contributed by atoms with E-state index in [2.05, 4.69) is 4.74 Å². The molecule has 20 heavy (non-hydrogen) atoms. The van der Waals surface area contributed by atoms with E-state index in [1.165, 1.54) is 6.07 Å². The second kappa shape index (κ2) is 6.49. The second-order valence-corrected chi connectivity index (χ2v) is 5.20. The van der Waals surface area contributed by atoms with Gasteiger partial charge in [0, 0.05) is 0 Å². The molecule has 0 radical (unpaired) electrons. The smallest absolute Gasteiger partial charge is 0.339 e. The van der Waals surface area contributed by atoms with Crippen LogP contribution in [0.5, 0.6) is 0 Å². The van der Waals surface area contributed by atoms with Crippen LogP contribution in [0.15, 0.2) is 23.1 Å². The lowest BCUT2D eigenvalue weighted by molar-refractivity contribution is 0.0502. The van der Waals surface area contributed by atoms with Crippen molar-refractivity contribution in [3.63, 3.8) is 0 Å². The second-order valence-electron chi connectivity index (χ2n) is 3.81. The van der Waals surface area contributed by atoms with Gasteiger partial charge in [0.2, 0.25) is 0 Å². The van der Waals surface area contributed by atoms with Crippen molar-refractivity contribution >= 4 is 22.1 Å². The fraction of sp³-hybridized carbons (Fsp3) is 0.333. The monoisotopic (exact) mass is 302 g/mol. The zero-order valence-electron chi connectivity index (χ0n) is 11.0. The molecule has 1 aromatic rings. The highest BCUT2D eigenvalue weighted by Gasteiger charge is 2.23. The number of benzene rings is 1. The highest BCUT2D eigenvalue weighted by molar-refractivity contribution is 7.86. The third-order valence-corrected chi connectivity index (χ3v) is 3.23.